The van der Waals surface area contributed by atoms with Crippen LogP contribution in [0, 0.1) is 6.92 Å². The third kappa shape index (κ3) is 6.17. The maximum Gasteiger partial charge on any atom is 0.356 e. The van der Waals surface area contributed by atoms with Gasteiger partial charge in [0, 0.05) is 22.8 Å². The van der Waals surface area contributed by atoms with Crippen molar-refractivity contribution in [1.29, 1.82) is 0 Å². The van der Waals surface area contributed by atoms with Gasteiger partial charge in [-0.1, -0.05) is 54.6 Å². The molecule has 3 aromatic rings. The third-order valence-corrected chi connectivity index (χ3v) is 4.87. The molecule has 0 bridgehead atoms. The van der Waals surface area contributed by atoms with Crippen LogP contribution in [0.5, 0.6) is 5.75 Å². The Morgan fingerprint density at radius 1 is 0.909 bits per heavy atom. The molecule has 0 fully saturated rings. The lowest BCUT2D eigenvalue weighted by atomic mass is 9.98. The highest BCUT2D eigenvalue weighted by atomic mass is 16.5. The fourth-order valence-electron chi connectivity index (χ4n) is 3.17. The number of methoxy groups -OCH3 is 1. The van der Waals surface area contributed by atoms with E-state index in [2.05, 4.69) is 10.5 Å². The van der Waals surface area contributed by atoms with E-state index in [-0.39, 0.29) is 11.5 Å². The van der Waals surface area contributed by atoms with Gasteiger partial charge in [-0.25, -0.2) is 4.79 Å². The van der Waals surface area contributed by atoms with Crippen molar-refractivity contribution in [3.8, 4) is 5.75 Å². The molecule has 0 spiro atoms. The zero-order chi connectivity index (χ0) is 23.6. The highest BCUT2D eigenvalue weighted by molar-refractivity contribution is 6.14. The second kappa shape index (κ2) is 11.4. The van der Waals surface area contributed by atoms with Gasteiger partial charge >= 0.3 is 5.97 Å². The van der Waals surface area contributed by atoms with Gasteiger partial charge in [0.2, 0.25) is 0 Å². The number of nitrogens with one attached hydrogen (secondary N) is 1. The van der Waals surface area contributed by atoms with E-state index in [0.717, 1.165) is 16.7 Å². The minimum Gasteiger partial charge on any atom is -0.494 e. The normalized spacial score (nSPS) is 11.6. The number of esters is 1. The zero-order valence-corrected chi connectivity index (χ0v) is 18.9. The van der Waals surface area contributed by atoms with Crippen LogP contribution >= 0.6 is 0 Å². The number of rotatable bonds is 9. The SMILES string of the molecule is CCOc1ccc(C(=O)/C=C(\N/N=C(\c2ccccc2)c2ccccc2C)C(=O)OC)cc1. The first-order valence-electron chi connectivity index (χ1n) is 10.6. The molecule has 6 nitrogen and oxygen atoms in total. The molecule has 3 rings (SSSR count). The summed E-state index contributed by atoms with van der Waals surface area (Å²) in [6.07, 6.45) is 1.19. The van der Waals surface area contributed by atoms with Crippen molar-refractivity contribution in [2.24, 2.45) is 5.10 Å². The van der Waals surface area contributed by atoms with E-state index in [0.29, 0.717) is 23.6 Å². The van der Waals surface area contributed by atoms with Crippen molar-refractivity contribution in [3.63, 3.8) is 0 Å². The predicted molar refractivity (Wildman–Crippen MR) is 128 cm³/mol. The third-order valence-electron chi connectivity index (χ3n) is 4.87. The van der Waals surface area contributed by atoms with Gasteiger partial charge in [0.25, 0.3) is 0 Å². The topological polar surface area (TPSA) is 77.0 Å². The van der Waals surface area contributed by atoms with Crippen LogP contribution in [0.25, 0.3) is 0 Å². The first-order valence-corrected chi connectivity index (χ1v) is 10.6. The number of carbonyl (C=O) groups is 2. The van der Waals surface area contributed by atoms with Crippen LogP contribution in [0.15, 0.2) is 95.7 Å². The fourth-order valence-corrected chi connectivity index (χ4v) is 3.17. The molecular weight excluding hydrogens is 416 g/mol. The molecule has 0 aliphatic rings. The second-order valence-electron chi connectivity index (χ2n) is 7.12. The summed E-state index contributed by atoms with van der Waals surface area (Å²) in [6.45, 7) is 4.41. The fraction of sp³-hybridized carbons (Fsp3) is 0.148. The molecule has 0 saturated heterocycles. The number of benzene rings is 3. The lowest BCUT2D eigenvalue weighted by Crippen LogP contribution is -2.21. The average molecular weight is 443 g/mol. The van der Waals surface area contributed by atoms with E-state index in [9.17, 15) is 9.59 Å². The first-order chi connectivity index (χ1) is 16.0. The molecule has 0 unspecified atom stereocenters. The largest absolute Gasteiger partial charge is 0.494 e. The Morgan fingerprint density at radius 2 is 1.58 bits per heavy atom. The quantitative estimate of drug-likeness (QED) is 0.171. The molecule has 6 heteroatoms. The zero-order valence-electron chi connectivity index (χ0n) is 18.9. The van der Waals surface area contributed by atoms with Crippen molar-refractivity contribution < 1.29 is 19.1 Å². The summed E-state index contributed by atoms with van der Waals surface area (Å²) >= 11 is 0. The van der Waals surface area contributed by atoms with Crippen molar-refractivity contribution in [1.82, 2.24) is 5.43 Å². The average Bonchev–Trinajstić information content (AvgIpc) is 2.85. The highest BCUT2D eigenvalue weighted by Crippen LogP contribution is 2.16. The standard InChI is InChI=1S/C27H26N2O4/c1-4-33-22-16-14-20(15-17-22)25(30)18-24(27(31)32-3)28-29-26(21-11-6-5-7-12-21)23-13-9-8-10-19(23)2/h5-18,28H,4H2,1-3H3/b24-18-,29-26+. The van der Waals surface area contributed by atoms with Crippen molar-refractivity contribution >= 4 is 17.5 Å². The molecule has 0 amide bonds. The Hall–Kier alpha value is -4.19. The summed E-state index contributed by atoms with van der Waals surface area (Å²) < 4.78 is 10.3. The molecule has 0 atom stereocenters. The minimum absolute atomic E-state index is 0.0709. The van der Waals surface area contributed by atoms with E-state index < -0.39 is 5.97 Å². The Morgan fingerprint density at radius 3 is 2.21 bits per heavy atom. The molecule has 168 valence electrons. The Labute approximate surface area is 193 Å². The Bertz CT molecular complexity index is 1170. The van der Waals surface area contributed by atoms with Gasteiger partial charge in [-0.2, -0.15) is 5.10 Å². The van der Waals surface area contributed by atoms with Crippen LogP contribution in [0.4, 0.5) is 0 Å². The van der Waals surface area contributed by atoms with Gasteiger partial charge < -0.3 is 9.47 Å². The lowest BCUT2D eigenvalue weighted by Gasteiger charge is -2.12. The lowest BCUT2D eigenvalue weighted by molar-refractivity contribution is -0.136. The molecule has 0 saturated carbocycles. The van der Waals surface area contributed by atoms with Crippen LogP contribution in [0.2, 0.25) is 0 Å². The summed E-state index contributed by atoms with van der Waals surface area (Å²) in [7, 11) is 1.25. The number of hydrazone groups is 1. The maximum absolute atomic E-state index is 12.8. The van der Waals surface area contributed by atoms with Gasteiger partial charge in [0.15, 0.2) is 5.78 Å². The number of hydrogen-bond donors (Lipinski definition) is 1. The van der Waals surface area contributed by atoms with Gasteiger partial charge in [-0.15, -0.1) is 0 Å². The molecule has 3 aromatic carbocycles. The molecule has 0 aliphatic heterocycles. The molecule has 1 N–H and O–H groups in total. The number of carbonyl (C=O) groups excluding carboxylic acids is 2. The van der Waals surface area contributed by atoms with E-state index in [1.807, 2.05) is 68.4 Å². The highest BCUT2D eigenvalue weighted by Gasteiger charge is 2.15. The maximum atomic E-state index is 12.8. The number of hydrogen-bond acceptors (Lipinski definition) is 6. The van der Waals surface area contributed by atoms with Gasteiger partial charge in [-0.3, -0.25) is 10.2 Å². The summed E-state index contributed by atoms with van der Waals surface area (Å²) in [5.41, 5.74) is 6.52. The van der Waals surface area contributed by atoms with Crippen molar-refractivity contribution in [3.05, 3.63) is 113 Å². The van der Waals surface area contributed by atoms with Gasteiger partial charge in [0.1, 0.15) is 11.4 Å². The smallest absolute Gasteiger partial charge is 0.356 e. The predicted octanol–water partition coefficient (Wildman–Crippen LogP) is 4.68. The minimum atomic E-state index is -0.699. The molecule has 0 aromatic heterocycles. The number of nitrogens with zero attached hydrogens (tertiary/aromatic N) is 1. The van der Waals surface area contributed by atoms with Crippen LogP contribution in [0.1, 0.15) is 34.0 Å². The van der Waals surface area contributed by atoms with E-state index in [1.54, 1.807) is 24.3 Å². The monoisotopic (exact) mass is 442 g/mol. The molecule has 0 radical (unpaired) electrons. The van der Waals surface area contributed by atoms with Gasteiger partial charge in [0.05, 0.1) is 19.4 Å². The van der Waals surface area contributed by atoms with Crippen molar-refractivity contribution in [2.45, 2.75) is 13.8 Å². The summed E-state index contributed by atoms with van der Waals surface area (Å²) in [6, 6.07) is 24.1. The van der Waals surface area contributed by atoms with Crippen LogP contribution < -0.4 is 10.2 Å². The first kappa shape index (κ1) is 23.5. The number of aryl methyl sites for hydroxylation is 1. The number of allylic oxidation sites excluding steroid dienone is 1. The van der Waals surface area contributed by atoms with Crippen LogP contribution in [-0.4, -0.2) is 31.2 Å². The summed E-state index contributed by atoms with van der Waals surface area (Å²) in [5.74, 6) is -0.395. The Kier molecular flexibility index (Phi) is 8.13. The molecule has 33 heavy (non-hydrogen) atoms. The van der Waals surface area contributed by atoms with Crippen LogP contribution in [-0.2, 0) is 9.53 Å². The number of ether oxygens (including phenoxy) is 2. The van der Waals surface area contributed by atoms with Crippen molar-refractivity contribution in [2.75, 3.05) is 13.7 Å². The molecule has 0 heterocycles. The summed E-state index contributed by atoms with van der Waals surface area (Å²) in [5, 5.41) is 4.50. The molecule has 0 aliphatic carbocycles. The molecular formula is C27H26N2O4. The van der Waals surface area contributed by atoms with Crippen LogP contribution in [0.3, 0.4) is 0 Å². The Balaban J connectivity index is 1.95. The van der Waals surface area contributed by atoms with Gasteiger partial charge in [-0.05, 0) is 43.7 Å². The summed E-state index contributed by atoms with van der Waals surface area (Å²) in [4.78, 5) is 25.1. The van der Waals surface area contributed by atoms with E-state index in [4.69, 9.17) is 9.47 Å². The van der Waals surface area contributed by atoms with E-state index >= 15 is 0 Å². The number of ketones is 1. The van der Waals surface area contributed by atoms with E-state index in [1.165, 1.54) is 13.2 Å². The second-order valence-corrected chi connectivity index (χ2v) is 7.12.